The van der Waals surface area contributed by atoms with Gasteiger partial charge < -0.3 is 5.32 Å². The van der Waals surface area contributed by atoms with Gasteiger partial charge in [-0.25, -0.2) is 19.9 Å². The van der Waals surface area contributed by atoms with Crippen LogP contribution in [-0.4, -0.2) is 25.8 Å². The molecule has 0 aliphatic rings. The Morgan fingerprint density at radius 2 is 1.86 bits per heavy atom. The highest BCUT2D eigenvalue weighted by Crippen LogP contribution is 2.17. The van der Waals surface area contributed by atoms with Crippen LogP contribution in [0, 0.1) is 0 Å². The molecule has 0 fully saturated rings. The molecule has 3 rings (SSSR count). The van der Waals surface area contributed by atoms with Gasteiger partial charge in [0.1, 0.15) is 12.2 Å². The molecule has 6 nitrogen and oxygen atoms in total. The highest BCUT2D eigenvalue weighted by molar-refractivity contribution is 6.11. The average Bonchev–Trinajstić information content (AvgIpc) is 2.54. The fourth-order valence-corrected chi connectivity index (χ4v) is 2.10. The van der Waals surface area contributed by atoms with Crippen LogP contribution in [0.1, 0.15) is 35.9 Å². The molecule has 0 saturated carbocycles. The first-order valence-electron chi connectivity index (χ1n) is 6.97. The third-order valence-corrected chi connectivity index (χ3v) is 3.23. The van der Waals surface area contributed by atoms with Crippen LogP contribution < -0.4 is 5.32 Å². The summed E-state index contributed by atoms with van der Waals surface area (Å²) in [4.78, 5) is 29.0. The summed E-state index contributed by atoms with van der Waals surface area (Å²) in [5.74, 6) is 0.751. The van der Waals surface area contributed by atoms with Crippen molar-refractivity contribution in [1.29, 1.82) is 0 Å². The maximum atomic E-state index is 12.4. The molecule has 0 spiro atoms. The van der Waals surface area contributed by atoms with Crippen molar-refractivity contribution in [2.75, 3.05) is 5.32 Å². The summed E-state index contributed by atoms with van der Waals surface area (Å²) in [5.41, 5.74) is 1.67. The zero-order valence-corrected chi connectivity index (χ0v) is 12.3. The van der Waals surface area contributed by atoms with Gasteiger partial charge in [-0.05, 0) is 6.07 Å². The molecule has 0 aliphatic heterocycles. The third-order valence-electron chi connectivity index (χ3n) is 3.23. The van der Waals surface area contributed by atoms with Crippen LogP contribution in [0.2, 0.25) is 0 Å². The molecule has 2 aromatic heterocycles. The third kappa shape index (κ3) is 2.76. The highest BCUT2D eigenvalue weighted by atomic mass is 16.1. The van der Waals surface area contributed by atoms with E-state index in [0.717, 1.165) is 11.2 Å². The first kappa shape index (κ1) is 14.1. The van der Waals surface area contributed by atoms with Crippen LogP contribution in [0.3, 0.4) is 0 Å². The Bertz CT molecular complexity index is 809. The maximum absolute atomic E-state index is 12.4. The quantitative estimate of drug-likeness (QED) is 0.803. The van der Waals surface area contributed by atoms with Crippen molar-refractivity contribution in [2.24, 2.45) is 0 Å². The van der Waals surface area contributed by atoms with Crippen LogP contribution in [-0.2, 0) is 0 Å². The van der Waals surface area contributed by atoms with Gasteiger partial charge in [-0.2, -0.15) is 0 Å². The molecule has 0 atom stereocenters. The monoisotopic (exact) mass is 293 g/mol. The summed E-state index contributed by atoms with van der Waals surface area (Å²) >= 11 is 0. The minimum Gasteiger partial charge on any atom is -0.319 e. The summed E-state index contributed by atoms with van der Waals surface area (Å²) in [6.45, 7) is 4.03. The normalized spacial score (nSPS) is 10.9. The lowest BCUT2D eigenvalue weighted by atomic mass is 10.1. The molecule has 0 unspecified atom stereocenters. The second-order valence-corrected chi connectivity index (χ2v) is 5.20. The predicted molar refractivity (Wildman–Crippen MR) is 83.6 cm³/mol. The van der Waals surface area contributed by atoms with Crippen molar-refractivity contribution in [3.8, 4) is 0 Å². The molecular weight excluding hydrogens is 278 g/mol. The highest BCUT2D eigenvalue weighted by Gasteiger charge is 2.12. The smallest absolute Gasteiger partial charge is 0.257 e. The second-order valence-electron chi connectivity index (χ2n) is 5.20. The fourth-order valence-electron chi connectivity index (χ4n) is 2.10. The number of aromatic nitrogens is 4. The SMILES string of the molecule is CC(C)c1ncc(NC(=O)c2cccc3cncnc23)cn1. The van der Waals surface area contributed by atoms with Crippen molar-refractivity contribution in [3.05, 3.63) is 54.5 Å². The van der Waals surface area contributed by atoms with E-state index < -0.39 is 0 Å². The lowest BCUT2D eigenvalue weighted by Gasteiger charge is -2.08. The molecule has 110 valence electrons. The van der Waals surface area contributed by atoms with Gasteiger partial charge in [-0.3, -0.25) is 4.79 Å². The Balaban J connectivity index is 1.87. The van der Waals surface area contributed by atoms with Crippen molar-refractivity contribution in [3.63, 3.8) is 0 Å². The predicted octanol–water partition coefficient (Wildman–Crippen LogP) is 2.80. The van der Waals surface area contributed by atoms with Gasteiger partial charge in [0.05, 0.1) is 29.2 Å². The molecule has 1 amide bonds. The van der Waals surface area contributed by atoms with Crippen molar-refractivity contribution in [1.82, 2.24) is 19.9 Å². The van der Waals surface area contributed by atoms with Crippen LogP contribution in [0.25, 0.3) is 10.9 Å². The number of rotatable bonds is 3. The van der Waals surface area contributed by atoms with Gasteiger partial charge in [0, 0.05) is 17.5 Å². The van der Waals surface area contributed by atoms with E-state index in [9.17, 15) is 4.79 Å². The molecule has 2 heterocycles. The summed E-state index contributed by atoms with van der Waals surface area (Å²) < 4.78 is 0. The first-order valence-corrected chi connectivity index (χ1v) is 6.97. The Labute approximate surface area is 127 Å². The number of nitrogens with one attached hydrogen (secondary N) is 1. The van der Waals surface area contributed by atoms with Crippen LogP contribution >= 0.6 is 0 Å². The number of anilines is 1. The largest absolute Gasteiger partial charge is 0.319 e. The van der Waals surface area contributed by atoms with Gasteiger partial charge in [-0.15, -0.1) is 0 Å². The van der Waals surface area contributed by atoms with E-state index >= 15 is 0 Å². The molecule has 0 bridgehead atoms. The van der Waals surface area contributed by atoms with E-state index in [4.69, 9.17) is 0 Å². The molecule has 3 aromatic rings. The molecule has 6 heteroatoms. The Morgan fingerprint density at radius 3 is 2.59 bits per heavy atom. The number of fused-ring (bicyclic) bond motifs is 1. The maximum Gasteiger partial charge on any atom is 0.257 e. The van der Waals surface area contributed by atoms with Crippen LogP contribution in [0.4, 0.5) is 5.69 Å². The lowest BCUT2D eigenvalue weighted by molar-refractivity contribution is 0.102. The van der Waals surface area contributed by atoms with E-state index in [0.29, 0.717) is 16.8 Å². The van der Waals surface area contributed by atoms with E-state index in [2.05, 4.69) is 25.3 Å². The molecule has 1 N–H and O–H groups in total. The van der Waals surface area contributed by atoms with Gasteiger partial charge in [0.2, 0.25) is 0 Å². The summed E-state index contributed by atoms with van der Waals surface area (Å²) in [6.07, 6.45) is 6.33. The molecular formula is C16H15N5O. The number of hydrogen-bond acceptors (Lipinski definition) is 5. The lowest BCUT2D eigenvalue weighted by Crippen LogP contribution is -2.13. The molecule has 0 saturated heterocycles. The number of amides is 1. The second kappa shape index (κ2) is 5.85. The summed E-state index contributed by atoms with van der Waals surface area (Å²) in [5, 5.41) is 3.61. The van der Waals surface area contributed by atoms with E-state index in [-0.39, 0.29) is 11.8 Å². The molecule has 22 heavy (non-hydrogen) atoms. The Kier molecular flexibility index (Phi) is 3.74. The van der Waals surface area contributed by atoms with Gasteiger partial charge >= 0.3 is 0 Å². The van der Waals surface area contributed by atoms with Crippen molar-refractivity contribution in [2.45, 2.75) is 19.8 Å². The standard InChI is InChI=1S/C16H15N5O/c1-10(2)15-18-7-12(8-19-15)21-16(22)13-5-3-4-11-6-17-9-20-14(11)13/h3-10H,1-2H3,(H,21,22). The van der Waals surface area contributed by atoms with E-state index in [1.165, 1.54) is 6.33 Å². The number of para-hydroxylation sites is 1. The van der Waals surface area contributed by atoms with E-state index in [1.54, 1.807) is 30.7 Å². The molecule has 1 aromatic carbocycles. The minimum absolute atomic E-state index is 0.245. The number of nitrogens with zero attached hydrogens (tertiary/aromatic N) is 4. The van der Waals surface area contributed by atoms with Crippen LogP contribution in [0.5, 0.6) is 0 Å². The zero-order valence-electron chi connectivity index (χ0n) is 12.3. The minimum atomic E-state index is -0.245. The van der Waals surface area contributed by atoms with Gasteiger partial charge in [-0.1, -0.05) is 26.0 Å². The number of hydrogen-bond donors (Lipinski definition) is 1. The summed E-state index contributed by atoms with van der Waals surface area (Å²) in [6, 6.07) is 5.40. The molecule has 0 aliphatic carbocycles. The van der Waals surface area contributed by atoms with Gasteiger partial charge in [0.25, 0.3) is 5.91 Å². The Hall–Kier alpha value is -2.89. The Morgan fingerprint density at radius 1 is 1.09 bits per heavy atom. The van der Waals surface area contributed by atoms with E-state index in [1.807, 2.05) is 19.9 Å². The molecule has 0 radical (unpaired) electrons. The topological polar surface area (TPSA) is 80.7 Å². The number of carbonyl (C=O) groups excluding carboxylic acids is 1. The zero-order chi connectivity index (χ0) is 15.5. The fraction of sp³-hybridized carbons (Fsp3) is 0.188. The van der Waals surface area contributed by atoms with Crippen molar-refractivity contribution >= 4 is 22.5 Å². The summed E-state index contributed by atoms with van der Waals surface area (Å²) in [7, 11) is 0. The number of benzene rings is 1. The van der Waals surface area contributed by atoms with Gasteiger partial charge in [0.15, 0.2) is 0 Å². The number of carbonyl (C=O) groups is 1. The average molecular weight is 293 g/mol. The van der Waals surface area contributed by atoms with Crippen molar-refractivity contribution < 1.29 is 4.79 Å². The van der Waals surface area contributed by atoms with Crippen LogP contribution in [0.15, 0.2) is 43.1 Å². The first-order chi connectivity index (χ1) is 10.6.